The number of hydrogen-bond acceptors (Lipinski definition) is 4. The van der Waals surface area contributed by atoms with Gasteiger partial charge in [-0.25, -0.2) is 0 Å². The SMILES string of the molecule is COCCOCCNC(=O)c1cc(S)ccc1Cl. The molecule has 0 aromatic heterocycles. The fourth-order valence-electron chi connectivity index (χ4n) is 1.26. The van der Waals surface area contributed by atoms with Gasteiger partial charge in [-0.3, -0.25) is 4.79 Å². The summed E-state index contributed by atoms with van der Waals surface area (Å²) < 4.78 is 10.1. The first kappa shape index (κ1) is 15.3. The summed E-state index contributed by atoms with van der Waals surface area (Å²) in [5.41, 5.74) is 0.418. The minimum atomic E-state index is -0.230. The summed E-state index contributed by atoms with van der Waals surface area (Å²) in [7, 11) is 1.61. The largest absolute Gasteiger partial charge is 0.382 e. The average Bonchev–Trinajstić information content (AvgIpc) is 2.36. The number of hydrogen-bond donors (Lipinski definition) is 2. The van der Waals surface area contributed by atoms with Crippen LogP contribution in [0.3, 0.4) is 0 Å². The Morgan fingerprint density at radius 3 is 2.89 bits per heavy atom. The number of thiol groups is 1. The van der Waals surface area contributed by atoms with Gasteiger partial charge in [0.25, 0.3) is 5.91 Å². The fourth-order valence-corrected chi connectivity index (χ4v) is 1.67. The maximum absolute atomic E-state index is 11.8. The van der Waals surface area contributed by atoms with Crippen molar-refractivity contribution < 1.29 is 14.3 Å². The molecule has 0 aliphatic rings. The van der Waals surface area contributed by atoms with Gasteiger partial charge in [0, 0.05) is 18.6 Å². The first-order chi connectivity index (χ1) is 8.65. The second-order valence-electron chi connectivity index (χ2n) is 3.53. The van der Waals surface area contributed by atoms with Gasteiger partial charge < -0.3 is 14.8 Å². The molecule has 100 valence electrons. The van der Waals surface area contributed by atoms with Crippen molar-refractivity contribution in [3.63, 3.8) is 0 Å². The number of rotatable bonds is 7. The van der Waals surface area contributed by atoms with Gasteiger partial charge in [0.1, 0.15) is 0 Å². The molecule has 0 bridgehead atoms. The van der Waals surface area contributed by atoms with Crippen LogP contribution in [-0.2, 0) is 9.47 Å². The Balaban J connectivity index is 2.34. The number of nitrogens with one attached hydrogen (secondary N) is 1. The predicted octanol–water partition coefficient (Wildman–Crippen LogP) is 2.02. The van der Waals surface area contributed by atoms with Crippen LogP contribution in [0.15, 0.2) is 23.1 Å². The van der Waals surface area contributed by atoms with Crippen molar-refractivity contribution in [2.24, 2.45) is 0 Å². The molecular formula is C12H16ClNO3S. The number of carbonyl (C=O) groups excluding carboxylic acids is 1. The van der Waals surface area contributed by atoms with E-state index in [-0.39, 0.29) is 5.91 Å². The van der Waals surface area contributed by atoms with Crippen LogP contribution >= 0.6 is 24.2 Å². The van der Waals surface area contributed by atoms with E-state index in [9.17, 15) is 4.79 Å². The van der Waals surface area contributed by atoms with Gasteiger partial charge in [-0.2, -0.15) is 0 Å². The van der Waals surface area contributed by atoms with Crippen LogP contribution in [-0.4, -0.2) is 39.4 Å². The van der Waals surface area contributed by atoms with Gasteiger partial charge in [0.15, 0.2) is 0 Å². The van der Waals surface area contributed by atoms with Gasteiger partial charge in [0.2, 0.25) is 0 Å². The summed E-state index contributed by atoms with van der Waals surface area (Å²) in [5.74, 6) is -0.230. The smallest absolute Gasteiger partial charge is 0.252 e. The minimum absolute atomic E-state index is 0.230. The third-order valence-corrected chi connectivity index (χ3v) is 2.77. The molecule has 4 nitrogen and oxygen atoms in total. The second kappa shape index (κ2) is 8.37. The monoisotopic (exact) mass is 289 g/mol. The van der Waals surface area contributed by atoms with E-state index in [0.29, 0.717) is 41.8 Å². The molecule has 0 saturated carbocycles. The highest BCUT2D eigenvalue weighted by molar-refractivity contribution is 7.80. The first-order valence-electron chi connectivity index (χ1n) is 5.48. The molecule has 1 aromatic carbocycles. The van der Waals surface area contributed by atoms with Crippen LogP contribution in [0.4, 0.5) is 0 Å². The number of amides is 1. The lowest BCUT2D eigenvalue weighted by Crippen LogP contribution is -2.27. The molecule has 0 aliphatic heterocycles. The summed E-state index contributed by atoms with van der Waals surface area (Å²) in [6, 6.07) is 5.01. The van der Waals surface area contributed by atoms with Crippen molar-refractivity contribution in [3.05, 3.63) is 28.8 Å². The predicted molar refractivity (Wildman–Crippen MR) is 73.7 cm³/mol. The fraction of sp³-hybridized carbons (Fsp3) is 0.417. The van der Waals surface area contributed by atoms with Gasteiger partial charge in [0.05, 0.1) is 30.4 Å². The van der Waals surface area contributed by atoms with E-state index in [4.69, 9.17) is 21.1 Å². The number of ether oxygens (including phenoxy) is 2. The second-order valence-corrected chi connectivity index (χ2v) is 4.45. The molecule has 0 radical (unpaired) electrons. The van der Waals surface area contributed by atoms with Crippen molar-refractivity contribution in [2.45, 2.75) is 4.90 Å². The highest BCUT2D eigenvalue weighted by Crippen LogP contribution is 2.19. The van der Waals surface area contributed by atoms with E-state index in [1.54, 1.807) is 25.3 Å². The van der Waals surface area contributed by atoms with E-state index < -0.39 is 0 Å². The van der Waals surface area contributed by atoms with Crippen molar-refractivity contribution in [1.82, 2.24) is 5.32 Å². The normalized spacial score (nSPS) is 10.4. The summed E-state index contributed by atoms with van der Waals surface area (Å²) >= 11 is 10.1. The molecule has 0 saturated heterocycles. The summed E-state index contributed by atoms with van der Waals surface area (Å²) in [6.07, 6.45) is 0. The zero-order valence-corrected chi connectivity index (χ0v) is 11.8. The summed E-state index contributed by atoms with van der Waals surface area (Å²) in [5, 5.41) is 3.13. The molecule has 6 heteroatoms. The zero-order valence-electron chi connectivity index (χ0n) is 10.1. The molecule has 18 heavy (non-hydrogen) atoms. The standard InChI is InChI=1S/C12H16ClNO3S/c1-16-6-7-17-5-4-14-12(15)10-8-9(18)2-3-11(10)13/h2-3,8,18H,4-7H2,1H3,(H,14,15). The average molecular weight is 290 g/mol. The quantitative estimate of drug-likeness (QED) is 0.596. The third kappa shape index (κ3) is 5.27. The molecule has 1 N–H and O–H groups in total. The Labute approximate surface area is 117 Å². The number of halogens is 1. The van der Waals surface area contributed by atoms with Crippen LogP contribution in [0.25, 0.3) is 0 Å². The van der Waals surface area contributed by atoms with Crippen molar-refractivity contribution in [2.75, 3.05) is 33.5 Å². The molecule has 0 spiro atoms. The maximum atomic E-state index is 11.8. The van der Waals surface area contributed by atoms with Gasteiger partial charge in [-0.05, 0) is 18.2 Å². The van der Waals surface area contributed by atoms with Crippen LogP contribution < -0.4 is 5.32 Å². The van der Waals surface area contributed by atoms with Gasteiger partial charge in [-0.15, -0.1) is 12.6 Å². The highest BCUT2D eigenvalue weighted by atomic mass is 35.5. The van der Waals surface area contributed by atoms with E-state index in [1.807, 2.05) is 0 Å². The number of carbonyl (C=O) groups is 1. The van der Waals surface area contributed by atoms with E-state index in [1.165, 1.54) is 0 Å². The van der Waals surface area contributed by atoms with Crippen LogP contribution in [0.5, 0.6) is 0 Å². The molecular weight excluding hydrogens is 274 g/mol. The van der Waals surface area contributed by atoms with E-state index in [2.05, 4.69) is 17.9 Å². The zero-order chi connectivity index (χ0) is 13.4. The molecule has 0 atom stereocenters. The van der Waals surface area contributed by atoms with Gasteiger partial charge >= 0.3 is 0 Å². The molecule has 1 rings (SSSR count). The number of methoxy groups -OCH3 is 1. The first-order valence-corrected chi connectivity index (χ1v) is 6.31. The van der Waals surface area contributed by atoms with E-state index in [0.717, 1.165) is 0 Å². The Hall–Kier alpha value is -0.750. The Bertz CT molecular complexity index is 401. The third-order valence-electron chi connectivity index (χ3n) is 2.16. The van der Waals surface area contributed by atoms with Crippen LogP contribution in [0.1, 0.15) is 10.4 Å². The Kier molecular flexibility index (Phi) is 7.12. The highest BCUT2D eigenvalue weighted by Gasteiger charge is 2.09. The van der Waals surface area contributed by atoms with E-state index >= 15 is 0 Å². The lowest BCUT2D eigenvalue weighted by Gasteiger charge is -2.08. The van der Waals surface area contributed by atoms with Crippen molar-refractivity contribution >= 4 is 30.1 Å². The Morgan fingerprint density at radius 1 is 1.39 bits per heavy atom. The minimum Gasteiger partial charge on any atom is -0.382 e. The summed E-state index contributed by atoms with van der Waals surface area (Å²) in [6.45, 7) is 1.92. The molecule has 0 heterocycles. The lowest BCUT2D eigenvalue weighted by atomic mass is 10.2. The number of benzene rings is 1. The lowest BCUT2D eigenvalue weighted by molar-refractivity contribution is 0.0692. The topological polar surface area (TPSA) is 47.6 Å². The van der Waals surface area contributed by atoms with Crippen molar-refractivity contribution in [3.8, 4) is 0 Å². The van der Waals surface area contributed by atoms with Crippen molar-refractivity contribution in [1.29, 1.82) is 0 Å². The molecule has 0 aliphatic carbocycles. The maximum Gasteiger partial charge on any atom is 0.252 e. The van der Waals surface area contributed by atoms with Crippen LogP contribution in [0, 0.1) is 0 Å². The molecule has 0 fully saturated rings. The molecule has 1 amide bonds. The molecule has 0 unspecified atom stereocenters. The molecule has 1 aromatic rings. The van der Waals surface area contributed by atoms with Crippen LogP contribution in [0.2, 0.25) is 5.02 Å². The van der Waals surface area contributed by atoms with Gasteiger partial charge in [-0.1, -0.05) is 11.6 Å². The Morgan fingerprint density at radius 2 is 2.17 bits per heavy atom. The summed E-state index contributed by atoms with van der Waals surface area (Å²) in [4.78, 5) is 12.5.